The smallest absolute Gasteiger partial charge is 0.254 e. The quantitative estimate of drug-likeness (QED) is 0.627. The molecule has 0 aliphatic carbocycles. The fourth-order valence-electron chi connectivity index (χ4n) is 1.38. The van der Waals surface area contributed by atoms with Crippen LogP contribution in [0.3, 0.4) is 0 Å². The number of benzene rings is 1. The number of nitrogens with one attached hydrogen (secondary N) is 1. The summed E-state index contributed by atoms with van der Waals surface area (Å²) in [5.41, 5.74) is -0.0386. The van der Waals surface area contributed by atoms with Crippen LogP contribution in [0.5, 0.6) is 5.75 Å². The number of hydrogen-bond donors (Lipinski definition) is 2. The molecule has 3 nitrogen and oxygen atoms in total. The largest absolute Gasteiger partial charge is 0.508 e. The van der Waals surface area contributed by atoms with Gasteiger partial charge in [0, 0.05) is 17.9 Å². The molecule has 1 rings (SSSR count). The molecule has 0 aliphatic heterocycles. The van der Waals surface area contributed by atoms with Crippen LogP contribution in [0.1, 0.15) is 29.6 Å². The molecule has 5 heteroatoms. The Morgan fingerprint density at radius 3 is 2.76 bits per heavy atom. The first-order valence-electron chi connectivity index (χ1n) is 5.48. The summed E-state index contributed by atoms with van der Waals surface area (Å²) in [7, 11) is 0. The molecule has 94 valence electrons. The molecule has 0 unspecified atom stereocenters. The van der Waals surface area contributed by atoms with Crippen LogP contribution in [-0.2, 0) is 0 Å². The molecule has 0 saturated carbocycles. The van der Waals surface area contributed by atoms with E-state index in [1.54, 1.807) is 0 Å². The van der Waals surface area contributed by atoms with E-state index in [9.17, 15) is 9.18 Å². The van der Waals surface area contributed by atoms with Gasteiger partial charge in [-0.15, -0.1) is 0 Å². The number of amides is 1. The maximum atomic E-state index is 13.3. The number of phenolic OH excluding ortho intramolecular Hbond substituents is 1. The van der Waals surface area contributed by atoms with Crippen LogP contribution in [0.15, 0.2) is 18.2 Å². The third-order valence-electron chi connectivity index (χ3n) is 2.29. The standard InChI is InChI=1S/C12H15BrFNO2/c13-6-2-1-3-7-15-12(17)10-5-4-9(16)8-11(10)14/h4-5,8,16H,1-3,6-7H2,(H,15,17). The summed E-state index contributed by atoms with van der Waals surface area (Å²) in [4.78, 5) is 11.6. The maximum Gasteiger partial charge on any atom is 0.254 e. The number of phenols is 1. The normalized spacial score (nSPS) is 10.2. The number of alkyl halides is 1. The van der Waals surface area contributed by atoms with Crippen LogP contribution in [0.4, 0.5) is 4.39 Å². The van der Waals surface area contributed by atoms with Gasteiger partial charge < -0.3 is 10.4 Å². The van der Waals surface area contributed by atoms with Crippen LogP contribution in [0, 0.1) is 5.82 Å². The molecule has 0 bridgehead atoms. The van der Waals surface area contributed by atoms with Gasteiger partial charge in [0.1, 0.15) is 11.6 Å². The van der Waals surface area contributed by atoms with Crippen molar-refractivity contribution in [3.8, 4) is 5.75 Å². The van der Waals surface area contributed by atoms with Gasteiger partial charge in [-0.3, -0.25) is 4.79 Å². The zero-order valence-electron chi connectivity index (χ0n) is 9.38. The highest BCUT2D eigenvalue weighted by atomic mass is 79.9. The highest BCUT2D eigenvalue weighted by Gasteiger charge is 2.11. The molecule has 1 amide bonds. The van der Waals surface area contributed by atoms with Crippen molar-refractivity contribution in [3.63, 3.8) is 0 Å². The lowest BCUT2D eigenvalue weighted by molar-refractivity contribution is 0.0949. The van der Waals surface area contributed by atoms with Crippen molar-refractivity contribution < 1.29 is 14.3 Å². The average molecular weight is 304 g/mol. The van der Waals surface area contributed by atoms with Crippen LogP contribution in [0.25, 0.3) is 0 Å². The molecular formula is C12H15BrFNO2. The first-order valence-corrected chi connectivity index (χ1v) is 6.60. The molecule has 0 radical (unpaired) electrons. The van der Waals surface area contributed by atoms with E-state index < -0.39 is 11.7 Å². The third-order valence-corrected chi connectivity index (χ3v) is 2.85. The number of carbonyl (C=O) groups is 1. The van der Waals surface area contributed by atoms with E-state index in [0.717, 1.165) is 30.7 Å². The molecule has 0 atom stereocenters. The van der Waals surface area contributed by atoms with Crippen LogP contribution in [-0.4, -0.2) is 22.9 Å². The van der Waals surface area contributed by atoms with Crippen molar-refractivity contribution in [2.24, 2.45) is 0 Å². The summed E-state index contributed by atoms with van der Waals surface area (Å²) < 4.78 is 13.3. The Labute approximate surface area is 108 Å². The first-order chi connectivity index (χ1) is 8.15. The summed E-state index contributed by atoms with van der Waals surface area (Å²) in [6.07, 6.45) is 2.95. The fraction of sp³-hybridized carbons (Fsp3) is 0.417. The van der Waals surface area contributed by atoms with Gasteiger partial charge in [-0.25, -0.2) is 4.39 Å². The zero-order valence-corrected chi connectivity index (χ0v) is 11.0. The third kappa shape index (κ3) is 4.73. The molecule has 0 fully saturated rings. The molecule has 2 N–H and O–H groups in total. The second-order valence-electron chi connectivity index (χ2n) is 3.67. The Kier molecular flexibility index (Phi) is 5.97. The number of halogens is 2. The number of aromatic hydroxyl groups is 1. The maximum absolute atomic E-state index is 13.3. The highest BCUT2D eigenvalue weighted by Crippen LogP contribution is 2.14. The Balaban J connectivity index is 2.42. The number of hydrogen-bond acceptors (Lipinski definition) is 2. The molecule has 0 spiro atoms. The number of carbonyl (C=O) groups excluding carboxylic acids is 1. The predicted octanol–water partition coefficient (Wildman–Crippen LogP) is 2.83. The summed E-state index contributed by atoms with van der Waals surface area (Å²) >= 11 is 3.32. The average Bonchev–Trinajstić information content (AvgIpc) is 2.28. The predicted molar refractivity (Wildman–Crippen MR) is 68.0 cm³/mol. The van der Waals surface area contributed by atoms with E-state index >= 15 is 0 Å². The second kappa shape index (κ2) is 7.27. The summed E-state index contributed by atoms with van der Waals surface area (Å²) in [6.45, 7) is 0.534. The molecule has 1 aromatic carbocycles. The van der Waals surface area contributed by atoms with Gasteiger partial charge >= 0.3 is 0 Å². The molecule has 17 heavy (non-hydrogen) atoms. The fourth-order valence-corrected chi connectivity index (χ4v) is 1.78. The Hall–Kier alpha value is -1.10. The lowest BCUT2D eigenvalue weighted by Gasteiger charge is -2.06. The van der Waals surface area contributed by atoms with E-state index in [0.29, 0.717) is 6.54 Å². The van der Waals surface area contributed by atoms with Gasteiger partial charge in [-0.2, -0.15) is 0 Å². The minimum absolute atomic E-state index is 0.0386. The van der Waals surface area contributed by atoms with Gasteiger partial charge in [0.05, 0.1) is 5.56 Å². The topological polar surface area (TPSA) is 49.3 Å². The summed E-state index contributed by atoms with van der Waals surface area (Å²) in [5, 5.41) is 12.6. The van der Waals surface area contributed by atoms with Gasteiger partial charge in [-0.05, 0) is 25.0 Å². The van der Waals surface area contributed by atoms with Crippen LogP contribution < -0.4 is 5.32 Å². The first kappa shape index (κ1) is 14.0. The van der Waals surface area contributed by atoms with Gasteiger partial charge in [0.15, 0.2) is 0 Å². The van der Waals surface area contributed by atoms with E-state index in [1.165, 1.54) is 12.1 Å². The minimum atomic E-state index is -0.706. The molecule has 0 heterocycles. The summed E-state index contributed by atoms with van der Waals surface area (Å²) in [5.74, 6) is -1.33. The van der Waals surface area contributed by atoms with E-state index in [-0.39, 0.29) is 11.3 Å². The van der Waals surface area contributed by atoms with Crippen molar-refractivity contribution in [2.45, 2.75) is 19.3 Å². The molecule has 0 saturated heterocycles. The van der Waals surface area contributed by atoms with Crippen molar-refractivity contribution in [1.29, 1.82) is 0 Å². The molecule has 1 aromatic rings. The van der Waals surface area contributed by atoms with Crippen LogP contribution in [0.2, 0.25) is 0 Å². The van der Waals surface area contributed by atoms with Crippen molar-refractivity contribution in [1.82, 2.24) is 5.32 Å². The molecular weight excluding hydrogens is 289 g/mol. The highest BCUT2D eigenvalue weighted by molar-refractivity contribution is 9.09. The van der Waals surface area contributed by atoms with Gasteiger partial charge in [0.2, 0.25) is 0 Å². The number of rotatable bonds is 6. The lowest BCUT2D eigenvalue weighted by Crippen LogP contribution is -2.25. The Bertz CT molecular complexity index is 385. The molecule has 0 aromatic heterocycles. The summed E-state index contributed by atoms with van der Waals surface area (Å²) in [6, 6.07) is 3.50. The van der Waals surface area contributed by atoms with Crippen LogP contribution >= 0.6 is 15.9 Å². The number of unbranched alkanes of at least 4 members (excludes halogenated alkanes) is 2. The molecule has 0 aliphatic rings. The monoisotopic (exact) mass is 303 g/mol. The lowest BCUT2D eigenvalue weighted by atomic mass is 10.2. The Morgan fingerprint density at radius 1 is 1.35 bits per heavy atom. The van der Waals surface area contributed by atoms with E-state index in [4.69, 9.17) is 5.11 Å². The van der Waals surface area contributed by atoms with E-state index in [1.807, 2.05) is 0 Å². The van der Waals surface area contributed by atoms with E-state index in [2.05, 4.69) is 21.2 Å². The van der Waals surface area contributed by atoms with Crippen molar-refractivity contribution >= 4 is 21.8 Å². The van der Waals surface area contributed by atoms with Gasteiger partial charge in [0.25, 0.3) is 5.91 Å². The van der Waals surface area contributed by atoms with Crippen molar-refractivity contribution in [2.75, 3.05) is 11.9 Å². The Morgan fingerprint density at radius 2 is 2.12 bits per heavy atom. The van der Waals surface area contributed by atoms with Gasteiger partial charge in [-0.1, -0.05) is 22.4 Å². The minimum Gasteiger partial charge on any atom is -0.508 e. The van der Waals surface area contributed by atoms with Crippen molar-refractivity contribution in [3.05, 3.63) is 29.6 Å². The second-order valence-corrected chi connectivity index (χ2v) is 4.46. The SMILES string of the molecule is O=C(NCCCCCBr)c1ccc(O)cc1F. The zero-order chi connectivity index (χ0) is 12.7.